The lowest BCUT2D eigenvalue weighted by Gasteiger charge is -2.41. The number of halogens is 7. The first kappa shape index (κ1) is 30.4. The molecule has 1 heterocycles. The van der Waals surface area contributed by atoms with E-state index in [1.807, 2.05) is 32.0 Å². The molecule has 2 aromatic carbocycles. The van der Waals surface area contributed by atoms with Gasteiger partial charge in [-0.2, -0.15) is 26.3 Å². The van der Waals surface area contributed by atoms with Gasteiger partial charge in [-0.3, -0.25) is 14.5 Å². The minimum Gasteiger partial charge on any atom is -0.468 e. The monoisotopic (exact) mass is 552 g/mol. The van der Waals surface area contributed by atoms with Gasteiger partial charge in [0, 0.05) is 31.2 Å². The average molecular weight is 553 g/mol. The van der Waals surface area contributed by atoms with E-state index in [1.54, 1.807) is 4.90 Å². The zero-order valence-electron chi connectivity index (χ0n) is 20.4. The quantitative estimate of drug-likeness (QED) is 0.373. The van der Waals surface area contributed by atoms with Crippen molar-refractivity contribution in [1.29, 1.82) is 0 Å². The lowest BCUT2D eigenvalue weighted by atomic mass is 9.97. The van der Waals surface area contributed by atoms with Gasteiger partial charge in [-0.15, -0.1) is 12.4 Å². The van der Waals surface area contributed by atoms with Crippen molar-refractivity contribution in [3.63, 3.8) is 0 Å². The summed E-state index contributed by atoms with van der Waals surface area (Å²) in [7, 11) is 1.24. The van der Waals surface area contributed by atoms with Gasteiger partial charge in [0.05, 0.1) is 24.8 Å². The molecule has 1 unspecified atom stereocenters. The van der Waals surface area contributed by atoms with Crippen LogP contribution in [-0.2, 0) is 28.3 Å². The number of ether oxygens (including phenoxy) is 1. The van der Waals surface area contributed by atoms with Crippen LogP contribution in [0.1, 0.15) is 38.2 Å². The number of methoxy groups -OCH3 is 1. The van der Waals surface area contributed by atoms with Gasteiger partial charge in [0.1, 0.15) is 0 Å². The number of carbonyl (C=O) groups excluding carboxylic acids is 2. The second-order valence-corrected chi connectivity index (χ2v) is 8.88. The van der Waals surface area contributed by atoms with Gasteiger partial charge in [0.15, 0.2) is 0 Å². The van der Waals surface area contributed by atoms with Crippen molar-refractivity contribution < 1.29 is 40.7 Å². The maximum absolute atomic E-state index is 13.3. The Morgan fingerprint density at radius 1 is 0.919 bits per heavy atom. The van der Waals surface area contributed by atoms with Gasteiger partial charge in [-0.25, -0.2) is 0 Å². The van der Waals surface area contributed by atoms with Crippen LogP contribution >= 0.6 is 12.4 Å². The third kappa shape index (κ3) is 7.61. The molecule has 37 heavy (non-hydrogen) atoms. The molecular formula is C25H27ClF6N2O3. The molecular weight excluding hydrogens is 526 g/mol. The number of carbonyl (C=O) groups is 2. The van der Waals surface area contributed by atoms with Gasteiger partial charge >= 0.3 is 18.3 Å². The molecule has 0 N–H and O–H groups in total. The summed E-state index contributed by atoms with van der Waals surface area (Å²) in [5, 5.41) is 0. The van der Waals surface area contributed by atoms with Crippen LogP contribution in [0.3, 0.4) is 0 Å². The van der Waals surface area contributed by atoms with E-state index in [2.05, 4.69) is 0 Å². The fourth-order valence-electron chi connectivity index (χ4n) is 4.20. The van der Waals surface area contributed by atoms with E-state index in [9.17, 15) is 35.9 Å². The highest BCUT2D eigenvalue weighted by atomic mass is 35.5. The summed E-state index contributed by atoms with van der Waals surface area (Å²) < 4.78 is 84.7. The largest absolute Gasteiger partial charge is 0.468 e. The van der Waals surface area contributed by atoms with Gasteiger partial charge in [-0.1, -0.05) is 18.2 Å². The number of alkyl halides is 6. The van der Waals surface area contributed by atoms with E-state index >= 15 is 0 Å². The molecule has 0 radical (unpaired) electrons. The van der Waals surface area contributed by atoms with Gasteiger partial charge in [0.2, 0.25) is 0 Å². The average Bonchev–Trinajstić information content (AvgIpc) is 2.79. The van der Waals surface area contributed by atoms with Crippen molar-refractivity contribution in [3.8, 4) is 0 Å². The molecule has 0 saturated carbocycles. The highest BCUT2D eigenvalue weighted by molar-refractivity contribution is 5.95. The maximum atomic E-state index is 13.3. The van der Waals surface area contributed by atoms with Gasteiger partial charge in [0.25, 0.3) is 5.91 Å². The first-order chi connectivity index (χ1) is 16.7. The predicted octanol–water partition coefficient (Wildman–Crippen LogP) is 5.30. The number of benzene rings is 2. The second-order valence-electron chi connectivity index (χ2n) is 8.88. The van der Waals surface area contributed by atoms with Crippen LogP contribution in [0.5, 0.6) is 0 Å². The molecule has 0 aromatic heterocycles. The van der Waals surface area contributed by atoms with E-state index in [1.165, 1.54) is 12.0 Å². The highest BCUT2D eigenvalue weighted by Gasteiger charge is 2.39. The Kier molecular flexibility index (Phi) is 9.64. The number of amides is 1. The van der Waals surface area contributed by atoms with Crippen molar-refractivity contribution in [2.24, 2.45) is 0 Å². The van der Waals surface area contributed by atoms with E-state index in [4.69, 9.17) is 4.74 Å². The Labute approximate surface area is 216 Å². The molecule has 0 spiro atoms. The topological polar surface area (TPSA) is 49.9 Å². The minimum atomic E-state index is -5.06. The summed E-state index contributed by atoms with van der Waals surface area (Å²) >= 11 is 0. The normalized spacial score (nSPS) is 16.8. The Morgan fingerprint density at radius 2 is 1.51 bits per heavy atom. The van der Waals surface area contributed by atoms with Crippen molar-refractivity contribution >= 4 is 24.3 Å². The Balaban J connectivity index is 0.00000481. The molecule has 204 valence electrons. The Morgan fingerprint density at radius 3 is 2.03 bits per heavy atom. The number of rotatable bonds is 5. The summed E-state index contributed by atoms with van der Waals surface area (Å²) in [6.07, 6.45) is -9.82. The standard InChI is InChI=1S/C25H26F6N2O3.ClH/c1-15-4-5-17(8-16(15)2)9-21-13-32(14-22(34)36-3)6-7-33(21)23(35)18-10-19(24(26,27)28)12-20(11-18)25(29,30)31;/h4-5,8,10-12,21H,6-7,9,13-14H2,1-3H3;1H. The van der Waals surface area contributed by atoms with E-state index in [0.29, 0.717) is 18.6 Å². The molecule has 3 rings (SSSR count). The molecule has 1 fully saturated rings. The molecule has 1 aliphatic rings. The number of esters is 1. The number of piperazine rings is 1. The molecule has 0 bridgehead atoms. The highest BCUT2D eigenvalue weighted by Crippen LogP contribution is 2.37. The predicted molar refractivity (Wildman–Crippen MR) is 127 cm³/mol. The molecule has 1 saturated heterocycles. The summed E-state index contributed by atoms with van der Waals surface area (Å²) in [5.74, 6) is -1.43. The SMILES string of the molecule is COC(=O)CN1CCN(C(=O)c2cc(C(F)(F)F)cc(C(F)(F)F)c2)C(Cc2ccc(C)c(C)c2)C1.Cl. The number of hydrogen-bond donors (Lipinski definition) is 0. The first-order valence-electron chi connectivity index (χ1n) is 11.1. The van der Waals surface area contributed by atoms with E-state index < -0.39 is 47.0 Å². The van der Waals surface area contributed by atoms with Gasteiger partial charge < -0.3 is 9.64 Å². The maximum Gasteiger partial charge on any atom is 0.416 e. The minimum absolute atomic E-state index is 0. The third-order valence-corrected chi connectivity index (χ3v) is 6.29. The number of aryl methyl sites for hydroxylation is 2. The summed E-state index contributed by atoms with van der Waals surface area (Å²) in [6.45, 7) is 4.20. The van der Waals surface area contributed by atoms with Crippen molar-refractivity contribution in [3.05, 3.63) is 69.8 Å². The molecule has 2 aromatic rings. The molecule has 5 nitrogen and oxygen atoms in total. The summed E-state index contributed by atoms with van der Waals surface area (Å²) in [6, 6.07) is 5.98. The van der Waals surface area contributed by atoms with Crippen LogP contribution in [0.25, 0.3) is 0 Å². The van der Waals surface area contributed by atoms with Gasteiger partial charge in [-0.05, 0) is 55.2 Å². The molecule has 1 atom stereocenters. The lowest BCUT2D eigenvalue weighted by Crippen LogP contribution is -2.56. The van der Waals surface area contributed by atoms with Crippen LogP contribution < -0.4 is 0 Å². The van der Waals surface area contributed by atoms with E-state index in [0.717, 1.165) is 16.7 Å². The zero-order valence-corrected chi connectivity index (χ0v) is 21.2. The lowest BCUT2D eigenvalue weighted by molar-refractivity contribution is -0.143. The van der Waals surface area contributed by atoms with E-state index in [-0.39, 0.29) is 44.7 Å². The molecule has 12 heteroatoms. The van der Waals surface area contributed by atoms with Crippen LogP contribution in [0.15, 0.2) is 36.4 Å². The smallest absolute Gasteiger partial charge is 0.416 e. The summed E-state index contributed by atoms with van der Waals surface area (Å²) in [5.41, 5.74) is -0.887. The molecule has 0 aliphatic carbocycles. The Bertz CT molecular complexity index is 1100. The van der Waals surface area contributed by atoms with Crippen LogP contribution in [-0.4, -0.2) is 61.0 Å². The fraction of sp³-hybridized carbons (Fsp3) is 0.440. The molecule has 1 aliphatic heterocycles. The van der Waals surface area contributed by atoms with Crippen molar-refractivity contribution in [1.82, 2.24) is 9.80 Å². The number of nitrogens with zero attached hydrogens (tertiary/aromatic N) is 2. The van der Waals surface area contributed by atoms with Crippen molar-refractivity contribution in [2.45, 2.75) is 38.7 Å². The zero-order chi connectivity index (χ0) is 26.8. The fourth-order valence-corrected chi connectivity index (χ4v) is 4.20. The van der Waals surface area contributed by atoms with Crippen LogP contribution in [0, 0.1) is 13.8 Å². The molecule has 1 amide bonds. The van der Waals surface area contributed by atoms with Crippen LogP contribution in [0.4, 0.5) is 26.3 Å². The Hall–Kier alpha value is -2.79. The third-order valence-electron chi connectivity index (χ3n) is 6.29. The van der Waals surface area contributed by atoms with Crippen LogP contribution in [0.2, 0.25) is 0 Å². The first-order valence-corrected chi connectivity index (χ1v) is 11.1. The van der Waals surface area contributed by atoms with Crippen molar-refractivity contribution in [2.75, 3.05) is 33.3 Å². The number of hydrogen-bond acceptors (Lipinski definition) is 4. The second kappa shape index (κ2) is 11.7. The summed E-state index contributed by atoms with van der Waals surface area (Å²) in [4.78, 5) is 28.2.